The second-order valence-electron chi connectivity index (χ2n) is 11.7. The van der Waals surface area contributed by atoms with Gasteiger partial charge in [0.25, 0.3) is 0 Å². The van der Waals surface area contributed by atoms with Crippen LogP contribution in [0.4, 0.5) is 0 Å². The molecule has 2 fully saturated rings. The Morgan fingerprint density at radius 1 is 0.509 bits per heavy atom. The SMILES string of the molecule is CCOC(=O)[C@H](NC(C)=O)[C@H]1[C@H](OC(C)=O)O[C@H](COC(C)=O)[C@@H](O[C@H]2O[C@H](COC(C)=O)[C@@H](OC(C)=O)[C@H](OC(C)=O)[C@H]2OC(C)=O)[C@@H]1OC(C)=O. The number of hydrogen-bond donors (Lipinski definition) is 1. The molecule has 53 heavy (non-hydrogen) atoms. The first-order valence-electron chi connectivity index (χ1n) is 16.3. The van der Waals surface area contributed by atoms with Crippen LogP contribution in [0.3, 0.4) is 0 Å². The monoisotopic (exact) mass is 763 g/mol. The Balaban J connectivity index is 2.89. The molecular weight excluding hydrogens is 718 g/mol. The van der Waals surface area contributed by atoms with E-state index in [0.717, 1.165) is 55.4 Å². The van der Waals surface area contributed by atoms with Crippen LogP contribution < -0.4 is 5.32 Å². The molecule has 21 nitrogen and oxygen atoms in total. The number of amides is 1. The third kappa shape index (κ3) is 13.6. The van der Waals surface area contributed by atoms with Gasteiger partial charge < -0.3 is 57.4 Å². The highest BCUT2D eigenvalue weighted by Crippen LogP contribution is 2.38. The summed E-state index contributed by atoms with van der Waals surface area (Å²) in [6.07, 6.45) is -15.3. The zero-order chi connectivity index (χ0) is 40.2. The van der Waals surface area contributed by atoms with E-state index in [-0.39, 0.29) is 6.61 Å². The van der Waals surface area contributed by atoms with Gasteiger partial charge in [-0.05, 0) is 6.92 Å². The van der Waals surface area contributed by atoms with Gasteiger partial charge in [0.15, 0.2) is 24.6 Å². The van der Waals surface area contributed by atoms with Gasteiger partial charge in [-0.3, -0.25) is 38.4 Å². The van der Waals surface area contributed by atoms with E-state index in [2.05, 4.69) is 5.32 Å². The standard InChI is InChI=1S/C32H45NO20/c1-10-43-30(42)24(33-13(2)34)23-27(47-17(6)38)25(21(11-44-14(3)35)51-31(23)50-20(9)41)53-32-29(49-19(8)40)28(48-18(7)39)26(46-16(5)37)22(52-32)12-45-15(4)36/h21-29,31-32H,10-12H2,1-9H3,(H,33,34)/t21-,22-,23-,24-,25-,26-,27-,28+,29-,31-,32-/m1/s1. The van der Waals surface area contributed by atoms with Crippen LogP contribution in [-0.4, -0.2) is 135 Å². The Bertz CT molecular complexity index is 1380. The molecule has 0 spiro atoms. The van der Waals surface area contributed by atoms with Gasteiger partial charge in [-0.25, -0.2) is 4.79 Å². The predicted octanol–water partition coefficient (Wildman–Crippen LogP) is -1.08. The van der Waals surface area contributed by atoms with E-state index in [9.17, 15) is 43.2 Å². The number of nitrogens with one attached hydrogen (secondary N) is 1. The molecule has 0 aromatic rings. The van der Waals surface area contributed by atoms with Crippen molar-refractivity contribution in [3.05, 3.63) is 0 Å². The molecule has 0 radical (unpaired) electrons. The van der Waals surface area contributed by atoms with Gasteiger partial charge in [-0.1, -0.05) is 0 Å². The zero-order valence-corrected chi connectivity index (χ0v) is 30.6. The van der Waals surface area contributed by atoms with Crippen molar-refractivity contribution in [2.45, 2.75) is 124 Å². The number of esters is 8. The van der Waals surface area contributed by atoms with Crippen molar-refractivity contribution in [3.8, 4) is 0 Å². The van der Waals surface area contributed by atoms with Crippen molar-refractivity contribution >= 4 is 53.7 Å². The Morgan fingerprint density at radius 3 is 1.40 bits per heavy atom. The van der Waals surface area contributed by atoms with E-state index in [1.165, 1.54) is 6.92 Å². The molecule has 21 heteroatoms. The van der Waals surface area contributed by atoms with E-state index < -0.39 is 134 Å². The van der Waals surface area contributed by atoms with Crippen molar-refractivity contribution in [1.82, 2.24) is 5.32 Å². The first kappa shape index (κ1) is 44.3. The third-order valence-electron chi connectivity index (χ3n) is 7.25. The highest BCUT2D eigenvalue weighted by atomic mass is 16.8. The number of rotatable bonds is 15. The van der Waals surface area contributed by atoms with Crippen molar-refractivity contribution in [3.63, 3.8) is 0 Å². The number of ether oxygens (including phenoxy) is 11. The van der Waals surface area contributed by atoms with Gasteiger partial charge in [0, 0.05) is 55.4 Å². The van der Waals surface area contributed by atoms with Crippen LogP contribution in [0.25, 0.3) is 0 Å². The molecule has 11 atom stereocenters. The number of hydrogen-bond acceptors (Lipinski definition) is 20. The molecule has 0 bridgehead atoms. The average Bonchev–Trinajstić information content (AvgIpc) is 3.01. The summed E-state index contributed by atoms with van der Waals surface area (Å²) in [4.78, 5) is 111. The van der Waals surface area contributed by atoms with Crippen LogP contribution in [0.15, 0.2) is 0 Å². The van der Waals surface area contributed by atoms with Crippen LogP contribution in [0.5, 0.6) is 0 Å². The van der Waals surface area contributed by atoms with Crippen molar-refractivity contribution in [2.24, 2.45) is 5.92 Å². The Kier molecular flexibility index (Phi) is 17.0. The van der Waals surface area contributed by atoms with E-state index in [4.69, 9.17) is 52.1 Å². The summed E-state index contributed by atoms with van der Waals surface area (Å²) in [5.41, 5.74) is 0. The van der Waals surface area contributed by atoms with Crippen molar-refractivity contribution in [1.29, 1.82) is 0 Å². The largest absolute Gasteiger partial charge is 0.464 e. The summed E-state index contributed by atoms with van der Waals surface area (Å²) in [5.74, 6) is -9.87. The lowest BCUT2D eigenvalue weighted by Gasteiger charge is -2.49. The zero-order valence-electron chi connectivity index (χ0n) is 30.6. The summed E-state index contributed by atoms with van der Waals surface area (Å²) in [6, 6.07) is -1.75. The molecule has 0 unspecified atom stereocenters. The first-order valence-corrected chi connectivity index (χ1v) is 16.3. The molecule has 0 aromatic heterocycles. The normalized spacial score (nSPS) is 28.5. The second kappa shape index (κ2) is 20.4. The molecule has 0 saturated carbocycles. The van der Waals surface area contributed by atoms with Crippen LogP contribution in [-0.2, 0) is 95.3 Å². The highest BCUT2D eigenvalue weighted by Gasteiger charge is 2.59. The maximum Gasteiger partial charge on any atom is 0.329 e. The summed E-state index contributed by atoms with van der Waals surface area (Å²) >= 11 is 0. The quantitative estimate of drug-likeness (QED) is 0.153. The topological polar surface area (TPSA) is 267 Å². The fourth-order valence-corrected chi connectivity index (χ4v) is 5.59. The maximum absolute atomic E-state index is 13.3. The molecule has 2 heterocycles. The van der Waals surface area contributed by atoms with Crippen LogP contribution in [0.1, 0.15) is 62.3 Å². The predicted molar refractivity (Wildman–Crippen MR) is 167 cm³/mol. The number of carbonyl (C=O) groups excluding carboxylic acids is 9. The Hall–Kier alpha value is -4.89. The molecule has 1 N–H and O–H groups in total. The van der Waals surface area contributed by atoms with Gasteiger partial charge in [-0.2, -0.15) is 0 Å². The summed E-state index contributed by atoms with van der Waals surface area (Å²) in [5, 5.41) is 2.38. The van der Waals surface area contributed by atoms with Crippen LogP contribution in [0.2, 0.25) is 0 Å². The third-order valence-corrected chi connectivity index (χ3v) is 7.25. The van der Waals surface area contributed by atoms with Gasteiger partial charge in [0.05, 0.1) is 12.5 Å². The molecule has 2 rings (SSSR count). The lowest BCUT2D eigenvalue weighted by atomic mass is 9.84. The molecule has 0 aromatic carbocycles. The molecule has 298 valence electrons. The number of carbonyl (C=O) groups is 9. The lowest BCUT2D eigenvalue weighted by molar-refractivity contribution is -0.353. The van der Waals surface area contributed by atoms with Gasteiger partial charge in [0.1, 0.15) is 43.7 Å². The average molecular weight is 764 g/mol. The molecular formula is C32H45NO20. The van der Waals surface area contributed by atoms with Crippen molar-refractivity contribution < 1.29 is 95.3 Å². The summed E-state index contributed by atoms with van der Waals surface area (Å²) in [6.45, 7) is 8.16. The van der Waals surface area contributed by atoms with E-state index in [1.807, 2.05) is 0 Å². The van der Waals surface area contributed by atoms with Gasteiger partial charge in [0.2, 0.25) is 12.2 Å². The molecule has 1 amide bonds. The lowest BCUT2D eigenvalue weighted by Crippen LogP contribution is -2.68. The van der Waals surface area contributed by atoms with E-state index in [1.54, 1.807) is 0 Å². The first-order chi connectivity index (χ1) is 24.7. The maximum atomic E-state index is 13.3. The van der Waals surface area contributed by atoms with Crippen molar-refractivity contribution in [2.75, 3.05) is 19.8 Å². The van der Waals surface area contributed by atoms with Gasteiger partial charge >= 0.3 is 47.8 Å². The summed E-state index contributed by atoms with van der Waals surface area (Å²) < 4.78 is 61.1. The minimum absolute atomic E-state index is 0.182. The molecule has 2 aliphatic rings. The molecule has 2 saturated heterocycles. The minimum atomic E-state index is -1.91. The molecule has 2 aliphatic heterocycles. The Labute approximate surface area is 303 Å². The van der Waals surface area contributed by atoms with Crippen LogP contribution in [0, 0.1) is 5.92 Å². The van der Waals surface area contributed by atoms with Gasteiger partial charge in [-0.15, -0.1) is 0 Å². The minimum Gasteiger partial charge on any atom is -0.464 e. The summed E-state index contributed by atoms with van der Waals surface area (Å²) in [7, 11) is 0. The van der Waals surface area contributed by atoms with E-state index in [0.29, 0.717) is 0 Å². The fourth-order valence-electron chi connectivity index (χ4n) is 5.59. The Morgan fingerprint density at radius 2 is 0.943 bits per heavy atom. The van der Waals surface area contributed by atoms with E-state index >= 15 is 0 Å². The fraction of sp³-hybridized carbons (Fsp3) is 0.719. The smallest absolute Gasteiger partial charge is 0.329 e. The highest BCUT2D eigenvalue weighted by molar-refractivity contribution is 5.84. The van der Waals surface area contributed by atoms with Crippen LogP contribution >= 0.6 is 0 Å². The molecule has 0 aliphatic carbocycles. The second-order valence-corrected chi connectivity index (χ2v) is 11.7.